The minimum absolute atomic E-state index is 0.0259. The first-order valence-electron chi connectivity index (χ1n) is 33.9. The highest BCUT2D eigenvalue weighted by Gasteiger charge is 2.41. The van der Waals surface area contributed by atoms with Crippen LogP contribution >= 0.6 is 23.5 Å². The van der Waals surface area contributed by atoms with E-state index in [0.717, 1.165) is 11.8 Å². The Labute approximate surface area is 592 Å². The van der Waals surface area contributed by atoms with Gasteiger partial charge in [0.25, 0.3) is 0 Å². The van der Waals surface area contributed by atoms with Crippen molar-refractivity contribution in [3.8, 4) is 5.75 Å². The third-order valence-electron chi connectivity index (χ3n) is 17.1. The number of ether oxygens (including phenoxy) is 1. The van der Waals surface area contributed by atoms with Crippen LogP contribution in [0.1, 0.15) is 141 Å². The molecule has 0 spiro atoms. The van der Waals surface area contributed by atoms with Crippen LogP contribution in [0.3, 0.4) is 0 Å². The van der Waals surface area contributed by atoms with Crippen LogP contribution < -0.4 is 69.4 Å². The lowest BCUT2D eigenvalue weighted by molar-refractivity contribution is -0.143. The predicted octanol–water partition coefficient (Wildman–Crippen LogP) is -0.340. The number of unbranched alkanes of at least 4 members (excludes halogenated alkanes) is 1. The van der Waals surface area contributed by atoms with Gasteiger partial charge in [0.05, 0.1) is 19.6 Å². The average molecular weight is 1450 g/mol. The maximum Gasteiger partial charge on any atom is 0.305 e. The van der Waals surface area contributed by atoms with Crippen molar-refractivity contribution in [2.24, 2.45) is 17.4 Å². The number of carboxylic acids is 2. The number of hydrogen-bond donors (Lipinski definition) is 15. The highest BCUT2D eigenvalue weighted by Crippen LogP contribution is 2.28. The smallest absolute Gasteiger partial charge is 0.305 e. The van der Waals surface area contributed by atoms with E-state index in [1.54, 1.807) is 42.6 Å². The van der Waals surface area contributed by atoms with Gasteiger partial charge in [-0.05, 0) is 92.7 Å². The summed E-state index contributed by atoms with van der Waals surface area (Å²) < 4.78 is 6.25. The quantitative estimate of drug-likeness (QED) is 0.0925. The topological polar surface area (TPSA) is 497 Å². The molecule has 1 fully saturated rings. The first kappa shape index (κ1) is 80.5. The predicted molar refractivity (Wildman–Crippen MR) is 371 cm³/mol. The number of primary amides is 2. The van der Waals surface area contributed by atoms with Crippen molar-refractivity contribution in [1.29, 1.82) is 0 Å². The number of benzene rings is 2. The lowest BCUT2D eigenvalue weighted by Crippen LogP contribution is -2.61. The van der Waals surface area contributed by atoms with E-state index < -0.39 is 188 Å². The van der Waals surface area contributed by atoms with Gasteiger partial charge in [-0.2, -0.15) is 23.5 Å². The van der Waals surface area contributed by atoms with Crippen LogP contribution in [-0.2, 0) is 89.8 Å². The van der Waals surface area contributed by atoms with Crippen molar-refractivity contribution in [2.75, 3.05) is 31.2 Å². The van der Waals surface area contributed by atoms with Gasteiger partial charge in [0, 0.05) is 72.3 Å². The van der Waals surface area contributed by atoms with Crippen LogP contribution in [0, 0.1) is 5.92 Å². The van der Waals surface area contributed by atoms with E-state index in [9.17, 15) is 82.1 Å². The lowest BCUT2D eigenvalue weighted by atomic mass is 9.99. The Morgan fingerprint density at radius 3 is 1.89 bits per heavy atom. The van der Waals surface area contributed by atoms with Gasteiger partial charge >= 0.3 is 11.9 Å². The van der Waals surface area contributed by atoms with E-state index in [-0.39, 0.29) is 67.8 Å². The van der Waals surface area contributed by atoms with Gasteiger partial charge in [0.2, 0.25) is 76.8 Å². The van der Waals surface area contributed by atoms with Gasteiger partial charge in [0.15, 0.2) is 0 Å². The molecule has 13 amide bonds. The minimum atomic E-state index is -1.89. The number of thioether (sulfide) groups is 2. The maximum atomic E-state index is 15.0. The van der Waals surface area contributed by atoms with Crippen molar-refractivity contribution >= 4 is 123 Å². The van der Waals surface area contributed by atoms with Gasteiger partial charge in [-0.25, -0.2) is 0 Å². The van der Waals surface area contributed by atoms with E-state index in [2.05, 4.69) is 58.2 Å². The van der Waals surface area contributed by atoms with E-state index in [4.69, 9.17) is 16.2 Å². The summed E-state index contributed by atoms with van der Waals surface area (Å²) in [5.41, 5.74) is 13.9. The number of nitrogens with one attached hydrogen (secondary N) is 11. The summed E-state index contributed by atoms with van der Waals surface area (Å²) in [4.78, 5) is 211. The molecular weight excluding hydrogens is 1350 g/mol. The Kier molecular flexibility index (Phi) is 32.0. The van der Waals surface area contributed by atoms with E-state index in [0.29, 0.717) is 78.3 Å². The fourth-order valence-corrected chi connectivity index (χ4v) is 13.6. The molecule has 2 aromatic carbocycles. The van der Waals surface area contributed by atoms with Crippen molar-refractivity contribution < 1.29 is 86.9 Å². The number of aromatic amines is 1. The Bertz CT molecular complexity index is 3500. The minimum Gasteiger partial charge on any atom is -0.494 e. The van der Waals surface area contributed by atoms with Crippen molar-refractivity contribution in [3.63, 3.8) is 0 Å². The van der Waals surface area contributed by atoms with Gasteiger partial charge in [-0.3, -0.25) is 71.9 Å². The van der Waals surface area contributed by atoms with Gasteiger partial charge in [-0.1, -0.05) is 70.7 Å². The van der Waals surface area contributed by atoms with Gasteiger partial charge in [0.1, 0.15) is 66.2 Å². The number of nitrogens with zero attached hydrogens (tertiary/aromatic N) is 1. The van der Waals surface area contributed by atoms with E-state index >= 15 is 0 Å². The summed E-state index contributed by atoms with van der Waals surface area (Å²) in [5, 5.41) is 46.2. The summed E-state index contributed by atoms with van der Waals surface area (Å²) in [6.07, 6.45) is 1.82. The highest BCUT2D eigenvalue weighted by atomic mass is 32.2. The lowest BCUT2D eigenvalue weighted by Gasteiger charge is -2.31. The molecule has 0 aliphatic carbocycles. The van der Waals surface area contributed by atoms with E-state index in [1.165, 1.54) is 37.4 Å². The molecule has 3 aromatic rings. The summed E-state index contributed by atoms with van der Waals surface area (Å²) >= 11 is 2.39. The molecule has 101 heavy (non-hydrogen) atoms. The molecule has 3 aliphatic heterocycles. The molecular formula is C67H94N14O18S2. The molecule has 1 unspecified atom stereocenters. The Balaban J connectivity index is 1.42. The third-order valence-corrected chi connectivity index (χ3v) is 19.3. The standard InChI is InChI=1S/C67H94N14O18S2/c1-5-6-15-44-60(91)76-48(29-56(87)88)64(95)80-57(36(2)3)66(97)77-47(28-40-30-70-43-16-11-10-14-42(40)43)63(94)74-45(19-21-52(68)82)61(92)73-46(20-22-55(85)86)62(93)78-49(58(69)89)34-100-32-38-25-39-27-41(26-38)99-24-12-8-7-9-18-53(83)71-31-54(84)72-37(4)59(90)79-50(35-101-33-39)67(98)81-23-13-17-51(81)65(96)75-44/h10-11,14,16,25-27,30,36-37,44-51,57,70H,5-9,12-13,15,17-24,28-29,31-35H2,1-4H3,(H2,68,82)(H2,69,89)(H,71,83)(H,72,84)(H,73,92)(H,74,94)(H,75,96)(H,76,91)(H,77,97)(H,78,93)(H,79,90)(H,80,95)(H,85,86)(H,87,88)/t37-,44-,45-,46-,47-,48-,49-,50-,51-,57?/m0/s1. The van der Waals surface area contributed by atoms with Crippen LogP contribution in [0.4, 0.5) is 0 Å². The van der Waals surface area contributed by atoms with Crippen molar-refractivity contribution in [1.82, 2.24) is 63.1 Å². The van der Waals surface area contributed by atoms with Crippen LogP contribution in [0.5, 0.6) is 5.75 Å². The third kappa shape index (κ3) is 25.9. The molecule has 1 saturated heterocycles. The zero-order valence-corrected chi connectivity index (χ0v) is 58.7. The number of carboxylic acid groups (broad SMARTS) is 2. The van der Waals surface area contributed by atoms with Gasteiger partial charge < -0.3 is 89.5 Å². The SMILES string of the molecule is CCCC[C@@H]1NC(=O)[C@@H]2CCCN2C(=O)[C@@H]2CSCc3cc(cc(c3)OCCCCCCC(=O)NCC(=O)N[C@@H](C)C(=O)N2)CSC[C@@H](C(N)=O)NC(=O)[C@H](CCC(=O)O)NC(=O)[C@H](CCC(N)=O)NC(=O)[C@H](Cc2c[nH]c3ccccc23)NC(=O)C(C(C)C)NC(=O)[C@H](CC(=O)O)NC1=O. The van der Waals surface area contributed by atoms with Crippen LogP contribution in [0.15, 0.2) is 48.7 Å². The largest absolute Gasteiger partial charge is 0.494 e. The molecule has 17 N–H and O–H groups in total. The molecule has 0 saturated carbocycles. The molecule has 10 atom stereocenters. The second-order valence-electron chi connectivity index (χ2n) is 25.6. The number of para-hydroxylation sites is 1. The monoisotopic (exact) mass is 1450 g/mol. The first-order chi connectivity index (χ1) is 48.1. The number of carbonyl (C=O) groups excluding carboxylic acids is 13. The number of aliphatic carboxylic acids is 2. The zero-order chi connectivity index (χ0) is 73.9. The van der Waals surface area contributed by atoms with Crippen molar-refractivity contribution in [2.45, 2.75) is 202 Å². The number of amides is 13. The number of fused-ring (bicyclic) bond motifs is 7. The summed E-state index contributed by atoms with van der Waals surface area (Å²) in [6, 6.07) is -2.82. The second kappa shape index (κ2) is 40.1. The highest BCUT2D eigenvalue weighted by molar-refractivity contribution is 7.98. The Hall–Kier alpha value is -9.47. The molecule has 0 radical (unpaired) electrons. The Morgan fingerprint density at radius 2 is 1.24 bits per heavy atom. The molecule has 4 bridgehead atoms. The molecule has 6 rings (SSSR count). The van der Waals surface area contributed by atoms with Crippen LogP contribution in [-0.4, -0.2) is 200 Å². The normalized spacial score (nSPS) is 24.8. The molecule has 3 aliphatic rings. The average Bonchev–Trinajstić information content (AvgIpc) is 1.75. The number of aromatic nitrogens is 1. The fraction of sp³-hybridized carbons (Fsp3) is 0.567. The van der Waals surface area contributed by atoms with Crippen molar-refractivity contribution in [3.05, 3.63) is 65.4 Å². The number of nitrogens with two attached hydrogens (primary N) is 2. The Morgan fingerprint density at radius 1 is 0.634 bits per heavy atom. The van der Waals surface area contributed by atoms with Crippen LogP contribution in [0.2, 0.25) is 0 Å². The molecule has 4 heterocycles. The molecule has 552 valence electrons. The molecule has 32 nitrogen and oxygen atoms in total. The molecule has 34 heteroatoms. The van der Waals surface area contributed by atoms with Gasteiger partial charge in [-0.15, -0.1) is 0 Å². The first-order valence-corrected chi connectivity index (χ1v) is 36.2. The number of H-pyrrole nitrogens is 1. The molecule has 1 aromatic heterocycles. The second-order valence-corrected chi connectivity index (χ2v) is 27.6. The number of carbonyl (C=O) groups is 15. The number of hydrogen-bond acceptors (Lipinski definition) is 18. The van der Waals surface area contributed by atoms with E-state index in [1.807, 2.05) is 13.0 Å². The maximum absolute atomic E-state index is 15.0. The van der Waals surface area contributed by atoms with Crippen LogP contribution in [0.25, 0.3) is 10.9 Å². The summed E-state index contributed by atoms with van der Waals surface area (Å²) in [6.45, 7) is 6.13. The summed E-state index contributed by atoms with van der Waals surface area (Å²) in [7, 11) is 0. The number of rotatable bonds is 15. The fourth-order valence-electron chi connectivity index (χ4n) is 11.6. The summed E-state index contributed by atoms with van der Waals surface area (Å²) in [5.74, 6) is -14.8. The zero-order valence-electron chi connectivity index (χ0n) is 57.1.